The van der Waals surface area contributed by atoms with Crippen LogP contribution in [0.5, 0.6) is 0 Å². The van der Waals surface area contributed by atoms with Gasteiger partial charge in [0.05, 0.1) is 22.3 Å². The van der Waals surface area contributed by atoms with Gasteiger partial charge in [0.1, 0.15) is 0 Å². The monoisotopic (exact) mass is 722 g/mol. The molecular weight excluding hydrogens is 690 g/mol. The standard InChI is InChI=1S/C48H33F3N4/c1-30-21-24-36(31(2)27-30)34-22-25-39-38-18-10-12-20-42(38)55(43(39)28-34)44-29-35(37-17-9-11-19-41(37)48(49,50)51)23-26-40(44)47-53-45(32-13-5-3-6-14-32)52-46(54-47)33-15-7-4-8-16-33/h3-29H,1-2H3. The highest BCUT2D eigenvalue weighted by Crippen LogP contribution is 2.42. The van der Waals surface area contributed by atoms with Gasteiger partial charge in [-0.3, -0.25) is 0 Å². The molecule has 0 amide bonds. The minimum atomic E-state index is -4.55. The fourth-order valence-corrected chi connectivity index (χ4v) is 7.52. The molecule has 0 spiro atoms. The van der Waals surface area contributed by atoms with E-state index in [-0.39, 0.29) is 5.56 Å². The number of alkyl halides is 3. The molecule has 266 valence electrons. The zero-order valence-corrected chi connectivity index (χ0v) is 30.0. The molecule has 0 N–H and O–H groups in total. The SMILES string of the molecule is Cc1ccc(-c2ccc3c4ccccc4n(-c4cc(-c5ccccc5C(F)(F)F)ccc4-c4nc(-c5ccccc5)nc(-c5ccccc5)n4)c3c2)c(C)c1. The normalized spacial score (nSPS) is 11.7. The molecule has 0 fully saturated rings. The Balaban J connectivity index is 1.38. The van der Waals surface area contributed by atoms with Crippen molar-refractivity contribution in [3.05, 3.63) is 180 Å². The van der Waals surface area contributed by atoms with Crippen molar-refractivity contribution in [2.75, 3.05) is 0 Å². The highest BCUT2D eigenvalue weighted by molar-refractivity contribution is 6.11. The lowest BCUT2D eigenvalue weighted by molar-refractivity contribution is -0.137. The first-order valence-electron chi connectivity index (χ1n) is 18.0. The fraction of sp³-hybridized carbons (Fsp3) is 0.0625. The van der Waals surface area contributed by atoms with Crippen molar-refractivity contribution in [3.8, 4) is 62.1 Å². The summed E-state index contributed by atoms with van der Waals surface area (Å²) in [6, 6.07) is 51.5. The van der Waals surface area contributed by atoms with Crippen LogP contribution in [-0.2, 0) is 6.18 Å². The second-order valence-corrected chi connectivity index (χ2v) is 13.7. The minimum absolute atomic E-state index is 0.0881. The molecule has 0 unspecified atom stereocenters. The first-order chi connectivity index (χ1) is 26.7. The van der Waals surface area contributed by atoms with Crippen molar-refractivity contribution in [1.29, 1.82) is 0 Å². The van der Waals surface area contributed by atoms with Gasteiger partial charge < -0.3 is 4.57 Å². The third-order valence-corrected chi connectivity index (χ3v) is 10.1. The predicted octanol–water partition coefficient (Wildman–Crippen LogP) is 12.9. The number of nitrogens with zero attached hydrogens (tertiary/aromatic N) is 4. The molecule has 0 radical (unpaired) electrons. The van der Waals surface area contributed by atoms with Crippen molar-refractivity contribution < 1.29 is 13.2 Å². The molecule has 0 atom stereocenters. The summed E-state index contributed by atoms with van der Waals surface area (Å²) in [7, 11) is 0. The number of aryl methyl sites for hydroxylation is 2. The van der Waals surface area contributed by atoms with E-state index in [1.165, 1.54) is 17.7 Å². The number of hydrogen-bond donors (Lipinski definition) is 0. The van der Waals surface area contributed by atoms with Crippen LogP contribution in [0.4, 0.5) is 13.2 Å². The van der Waals surface area contributed by atoms with Gasteiger partial charge in [0.15, 0.2) is 17.5 Å². The van der Waals surface area contributed by atoms with Crippen LogP contribution in [0.15, 0.2) is 164 Å². The summed E-state index contributed by atoms with van der Waals surface area (Å²) in [4.78, 5) is 15.0. The summed E-state index contributed by atoms with van der Waals surface area (Å²) in [5.41, 5.74) is 9.00. The summed E-state index contributed by atoms with van der Waals surface area (Å²) >= 11 is 0. The van der Waals surface area contributed by atoms with E-state index >= 15 is 0 Å². The highest BCUT2D eigenvalue weighted by Gasteiger charge is 2.33. The average molecular weight is 723 g/mol. The summed E-state index contributed by atoms with van der Waals surface area (Å²) in [6.45, 7) is 4.19. The molecule has 55 heavy (non-hydrogen) atoms. The molecule has 0 aliphatic rings. The van der Waals surface area contributed by atoms with Gasteiger partial charge >= 0.3 is 6.18 Å². The van der Waals surface area contributed by atoms with Crippen LogP contribution < -0.4 is 0 Å². The minimum Gasteiger partial charge on any atom is -0.308 e. The van der Waals surface area contributed by atoms with Crippen molar-refractivity contribution >= 4 is 21.8 Å². The number of para-hydroxylation sites is 1. The number of fused-ring (bicyclic) bond motifs is 3. The summed E-state index contributed by atoms with van der Waals surface area (Å²) in [5.74, 6) is 1.37. The van der Waals surface area contributed by atoms with Gasteiger partial charge in [0.25, 0.3) is 0 Å². The van der Waals surface area contributed by atoms with Gasteiger partial charge in [-0.05, 0) is 72.0 Å². The van der Waals surface area contributed by atoms with Gasteiger partial charge in [0.2, 0.25) is 0 Å². The van der Waals surface area contributed by atoms with Gasteiger partial charge in [-0.15, -0.1) is 0 Å². The lowest BCUT2D eigenvalue weighted by Crippen LogP contribution is -2.07. The third-order valence-electron chi connectivity index (χ3n) is 10.1. The number of rotatable bonds is 6. The Morgan fingerprint density at radius 1 is 0.436 bits per heavy atom. The van der Waals surface area contributed by atoms with Crippen LogP contribution in [-0.4, -0.2) is 19.5 Å². The first kappa shape index (κ1) is 33.9. The lowest BCUT2D eigenvalue weighted by atomic mass is 9.96. The summed E-state index contributed by atoms with van der Waals surface area (Å²) < 4.78 is 45.7. The van der Waals surface area contributed by atoms with Gasteiger partial charge in [-0.2, -0.15) is 13.2 Å². The molecule has 2 aromatic heterocycles. The van der Waals surface area contributed by atoms with Crippen molar-refractivity contribution in [2.45, 2.75) is 20.0 Å². The van der Waals surface area contributed by atoms with Crippen LogP contribution in [0.3, 0.4) is 0 Å². The zero-order chi connectivity index (χ0) is 37.7. The highest BCUT2D eigenvalue weighted by atomic mass is 19.4. The van der Waals surface area contributed by atoms with Crippen LogP contribution in [0, 0.1) is 13.8 Å². The quantitative estimate of drug-likeness (QED) is 0.172. The predicted molar refractivity (Wildman–Crippen MR) is 216 cm³/mol. The Bertz CT molecular complexity index is 2820. The van der Waals surface area contributed by atoms with Crippen LogP contribution >= 0.6 is 0 Å². The summed E-state index contributed by atoms with van der Waals surface area (Å²) in [5, 5.41) is 2.03. The van der Waals surface area contributed by atoms with Crippen LogP contribution in [0.1, 0.15) is 16.7 Å². The van der Waals surface area contributed by atoms with E-state index in [9.17, 15) is 13.2 Å². The van der Waals surface area contributed by atoms with Crippen molar-refractivity contribution in [2.24, 2.45) is 0 Å². The molecule has 4 nitrogen and oxygen atoms in total. The number of aromatic nitrogens is 4. The maximum Gasteiger partial charge on any atom is 0.417 e. The second-order valence-electron chi connectivity index (χ2n) is 13.7. The van der Waals surface area contributed by atoms with Crippen molar-refractivity contribution in [1.82, 2.24) is 19.5 Å². The van der Waals surface area contributed by atoms with Crippen LogP contribution in [0.2, 0.25) is 0 Å². The molecule has 0 saturated carbocycles. The molecule has 7 aromatic carbocycles. The molecule has 0 aliphatic heterocycles. The topological polar surface area (TPSA) is 43.6 Å². The smallest absolute Gasteiger partial charge is 0.308 e. The molecule has 0 bridgehead atoms. The number of benzene rings is 7. The summed E-state index contributed by atoms with van der Waals surface area (Å²) in [6.07, 6.45) is -4.55. The van der Waals surface area contributed by atoms with E-state index in [1.54, 1.807) is 12.1 Å². The van der Waals surface area contributed by atoms with E-state index in [0.29, 0.717) is 34.3 Å². The molecule has 9 rings (SSSR count). The Hall–Kier alpha value is -6.86. The molecule has 2 heterocycles. The largest absolute Gasteiger partial charge is 0.417 e. The van der Waals surface area contributed by atoms with Gasteiger partial charge in [-0.1, -0.05) is 139 Å². The average Bonchev–Trinajstić information content (AvgIpc) is 3.54. The van der Waals surface area contributed by atoms with E-state index in [4.69, 9.17) is 15.0 Å². The molecule has 9 aromatic rings. The Kier molecular flexibility index (Phi) is 8.35. The molecule has 0 saturated heterocycles. The fourth-order valence-electron chi connectivity index (χ4n) is 7.52. The van der Waals surface area contributed by atoms with Crippen molar-refractivity contribution in [3.63, 3.8) is 0 Å². The Morgan fingerprint density at radius 3 is 1.69 bits per heavy atom. The van der Waals surface area contributed by atoms with E-state index < -0.39 is 11.7 Å². The van der Waals surface area contributed by atoms with E-state index in [2.05, 4.69) is 60.9 Å². The first-order valence-corrected chi connectivity index (χ1v) is 18.0. The van der Waals surface area contributed by atoms with Gasteiger partial charge in [-0.25, -0.2) is 15.0 Å². The van der Waals surface area contributed by atoms with E-state index in [1.807, 2.05) is 91.0 Å². The van der Waals surface area contributed by atoms with E-state index in [0.717, 1.165) is 55.7 Å². The maximum atomic E-state index is 14.5. The molecular formula is C48H33F3N4. The zero-order valence-electron chi connectivity index (χ0n) is 30.0. The lowest BCUT2D eigenvalue weighted by Gasteiger charge is -2.18. The Morgan fingerprint density at radius 2 is 1.00 bits per heavy atom. The number of hydrogen-bond acceptors (Lipinski definition) is 3. The second kappa shape index (κ2) is 13.5. The Labute approximate surface area is 316 Å². The third kappa shape index (κ3) is 6.23. The van der Waals surface area contributed by atoms with Gasteiger partial charge in [0, 0.05) is 27.5 Å². The number of halogens is 3. The molecule has 7 heteroatoms. The van der Waals surface area contributed by atoms with Crippen LogP contribution in [0.25, 0.3) is 83.9 Å². The molecule has 0 aliphatic carbocycles. The maximum absolute atomic E-state index is 14.5.